The van der Waals surface area contributed by atoms with Crippen molar-refractivity contribution in [1.29, 1.82) is 0 Å². The number of nitrogens with zero attached hydrogens (tertiary/aromatic N) is 4. The summed E-state index contributed by atoms with van der Waals surface area (Å²) >= 11 is 6.10. The number of methoxy groups -OCH3 is 1. The summed E-state index contributed by atoms with van der Waals surface area (Å²) in [6.45, 7) is 0.699. The van der Waals surface area contributed by atoms with Crippen molar-refractivity contribution in [3.63, 3.8) is 0 Å². The number of ether oxygens (including phenoxy) is 1. The molecule has 1 aromatic carbocycles. The monoisotopic (exact) mass is 471 g/mol. The van der Waals surface area contributed by atoms with Gasteiger partial charge in [-0.25, -0.2) is 9.49 Å². The predicted molar refractivity (Wildman–Crippen MR) is 108 cm³/mol. The standard InChI is InChI=1S/C20H18ClF4N5O2/c1-32-10-17(13-3-2-12(22)6-14(13)20(23,24)25)30-15-4-5-29(9-11(15)7-27-30)16-8-26-28-19(31)18(16)21/h2-3,6-8,17H,4-5,9-10H2,1H3,(H,28,31)/t17-/m0/s1. The quantitative estimate of drug-likeness (QED) is 0.576. The summed E-state index contributed by atoms with van der Waals surface area (Å²) < 4.78 is 61.2. The van der Waals surface area contributed by atoms with E-state index in [-0.39, 0.29) is 17.2 Å². The van der Waals surface area contributed by atoms with Crippen molar-refractivity contribution >= 4 is 17.3 Å². The third kappa shape index (κ3) is 4.09. The highest BCUT2D eigenvalue weighted by atomic mass is 35.5. The summed E-state index contributed by atoms with van der Waals surface area (Å²) in [6, 6.07) is 1.69. The Bertz CT molecular complexity index is 1190. The molecular formula is C20H18ClF4N5O2. The van der Waals surface area contributed by atoms with Crippen LogP contribution in [-0.2, 0) is 23.9 Å². The fraction of sp³-hybridized carbons (Fsp3) is 0.350. The second-order valence-electron chi connectivity index (χ2n) is 7.33. The largest absolute Gasteiger partial charge is 0.416 e. The lowest BCUT2D eigenvalue weighted by atomic mass is 9.99. The molecule has 1 N–H and O–H groups in total. The molecule has 2 aromatic heterocycles. The minimum Gasteiger partial charge on any atom is -0.382 e. The number of benzene rings is 1. The first-order valence-corrected chi connectivity index (χ1v) is 9.97. The first-order chi connectivity index (χ1) is 15.2. The molecule has 32 heavy (non-hydrogen) atoms. The van der Waals surface area contributed by atoms with Gasteiger partial charge in [-0.2, -0.15) is 23.4 Å². The Balaban J connectivity index is 1.72. The topological polar surface area (TPSA) is 76.0 Å². The van der Waals surface area contributed by atoms with Gasteiger partial charge >= 0.3 is 6.18 Å². The van der Waals surface area contributed by atoms with Gasteiger partial charge in [0, 0.05) is 37.9 Å². The molecule has 0 aliphatic carbocycles. The molecule has 0 amide bonds. The van der Waals surface area contributed by atoms with E-state index in [0.29, 0.717) is 31.3 Å². The lowest BCUT2D eigenvalue weighted by Crippen LogP contribution is -2.33. The summed E-state index contributed by atoms with van der Waals surface area (Å²) in [5, 5.41) is 10.4. The molecule has 0 bridgehead atoms. The summed E-state index contributed by atoms with van der Waals surface area (Å²) in [5.41, 5.74) is 0.250. The maximum atomic E-state index is 13.6. The smallest absolute Gasteiger partial charge is 0.382 e. The van der Waals surface area contributed by atoms with E-state index in [2.05, 4.69) is 15.3 Å². The number of anilines is 1. The van der Waals surface area contributed by atoms with Crippen molar-refractivity contribution in [2.75, 3.05) is 25.2 Å². The number of alkyl halides is 3. The van der Waals surface area contributed by atoms with Gasteiger partial charge in [-0.3, -0.25) is 9.48 Å². The summed E-state index contributed by atoms with van der Waals surface area (Å²) in [5.74, 6) is -0.973. The minimum absolute atomic E-state index is 0.00855. The van der Waals surface area contributed by atoms with Gasteiger partial charge in [-0.05, 0) is 17.7 Å². The fourth-order valence-electron chi connectivity index (χ4n) is 3.94. The van der Waals surface area contributed by atoms with E-state index in [1.54, 1.807) is 6.20 Å². The van der Waals surface area contributed by atoms with E-state index >= 15 is 0 Å². The van der Waals surface area contributed by atoms with Crippen LogP contribution < -0.4 is 10.5 Å². The van der Waals surface area contributed by atoms with E-state index in [1.807, 2.05) is 4.90 Å². The number of nitrogens with one attached hydrogen (secondary N) is 1. The molecular weight excluding hydrogens is 454 g/mol. The van der Waals surface area contributed by atoms with E-state index in [0.717, 1.165) is 23.4 Å². The van der Waals surface area contributed by atoms with E-state index < -0.39 is 29.2 Å². The van der Waals surface area contributed by atoms with Crippen LogP contribution in [0.2, 0.25) is 5.02 Å². The van der Waals surface area contributed by atoms with Crippen LogP contribution in [0.5, 0.6) is 0 Å². The second kappa shape index (κ2) is 8.55. The molecule has 0 fully saturated rings. The van der Waals surface area contributed by atoms with Crippen molar-refractivity contribution < 1.29 is 22.3 Å². The van der Waals surface area contributed by atoms with Crippen LogP contribution in [0.1, 0.15) is 28.4 Å². The Kier molecular flexibility index (Phi) is 5.95. The Hall–Kier alpha value is -2.92. The second-order valence-corrected chi connectivity index (χ2v) is 7.71. The molecule has 3 heterocycles. The van der Waals surface area contributed by atoms with Gasteiger partial charge in [0.15, 0.2) is 0 Å². The molecule has 4 rings (SSSR count). The minimum atomic E-state index is -4.74. The third-order valence-corrected chi connectivity index (χ3v) is 5.75. The lowest BCUT2D eigenvalue weighted by molar-refractivity contribution is -0.138. The number of hydrogen-bond acceptors (Lipinski definition) is 5. The Labute approximate surface area is 184 Å². The number of H-pyrrole nitrogens is 1. The van der Waals surface area contributed by atoms with Gasteiger partial charge in [-0.1, -0.05) is 17.7 Å². The van der Waals surface area contributed by atoms with Gasteiger partial charge in [0.1, 0.15) is 16.9 Å². The van der Waals surface area contributed by atoms with Gasteiger partial charge < -0.3 is 9.64 Å². The predicted octanol–water partition coefficient (Wildman–Crippen LogP) is 3.58. The molecule has 7 nitrogen and oxygen atoms in total. The molecule has 0 unspecified atom stereocenters. The van der Waals surface area contributed by atoms with Gasteiger partial charge in [0.25, 0.3) is 5.56 Å². The number of halogens is 5. The van der Waals surface area contributed by atoms with Crippen LogP contribution in [0.3, 0.4) is 0 Å². The zero-order valence-corrected chi connectivity index (χ0v) is 17.5. The maximum Gasteiger partial charge on any atom is 0.416 e. The lowest BCUT2D eigenvalue weighted by Gasteiger charge is -2.31. The number of rotatable bonds is 5. The molecule has 0 spiro atoms. The average Bonchev–Trinajstić information content (AvgIpc) is 3.16. The highest BCUT2D eigenvalue weighted by Gasteiger charge is 2.37. The van der Waals surface area contributed by atoms with E-state index in [4.69, 9.17) is 16.3 Å². The number of hydrogen-bond donors (Lipinski definition) is 1. The summed E-state index contributed by atoms with van der Waals surface area (Å²) in [6.07, 6.45) is -1.30. The molecule has 0 saturated heterocycles. The highest BCUT2D eigenvalue weighted by Crippen LogP contribution is 2.37. The summed E-state index contributed by atoms with van der Waals surface area (Å²) in [7, 11) is 1.38. The third-order valence-electron chi connectivity index (χ3n) is 5.38. The first kappa shape index (κ1) is 22.3. The van der Waals surface area contributed by atoms with Gasteiger partial charge in [-0.15, -0.1) is 0 Å². The van der Waals surface area contributed by atoms with E-state index in [9.17, 15) is 22.4 Å². The van der Waals surface area contributed by atoms with Crippen LogP contribution in [0.4, 0.5) is 23.2 Å². The maximum absolute atomic E-state index is 13.6. The zero-order valence-electron chi connectivity index (χ0n) is 16.8. The zero-order chi connectivity index (χ0) is 23.0. The average molecular weight is 472 g/mol. The van der Waals surface area contributed by atoms with Crippen LogP contribution in [0.25, 0.3) is 0 Å². The molecule has 0 saturated carbocycles. The Morgan fingerprint density at radius 2 is 2.09 bits per heavy atom. The molecule has 1 atom stereocenters. The molecule has 12 heteroatoms. The van der Waals surface area contributed by atoms with Crippen molar-refractivity contribution in [2.45, 2.75) is 25.2 Å². The molecule has 1 aliphatic heterocycles. The van der Waals surface area contributed by atoms with E-state index in [1.165, 1.54) is 18.0 Å². The van der Waals surface area contributed by atoms with Crippen LogP contribution in [-0.4, -0.2) is 40.2 Å². The van der Waals surface area contributed by atoms with Crippen molar-refractivity contribution in [3.05, 3.63) is 74.2 Å². The van der Waals surface area contributed by atoms with Gasteiger partial charge in [0.2, 0.25) is 0 Å². The number of fused-ring (bicyclic) bond motifs is 1. The molecule has 170 valence electrons. The highest BCUT2D eigenvalue weighted by molar-refractivity contribution is 6.33. The van der Waals surface area contributed by atoms with Crippen LogP contribution in [0.15, 0.2) is 35.4 Å². The van der Waals surface area contributed by atoms with Crippen molar-refractivity contribution in [3.8, 4) is 0 Å². The SMILES string of the molecule is COC[C@@H](c1ccc(F)cc1C(F)(F)F)n1ncc2c1CCN(c1cn[nH]c(=O)c1Cl)C2. The van der Waals surface area contributed by atoms with Crippen molar-refractivity contribution in [1.82, 2.24) is 20.0 Å². The first-order valence-electron chi connectivity index (χ1n) is 9.59. The Morgan fingerprint density at radius 1 is 1.31 bits per heavy atom. The molecule has 0 radical (unpaired) electrons. The molecule has 3 aromatic rings. The van der Waals surface area contributed by atoms with Gasteiger partial charge in [0.05, 0.1) is 30.3 Å². The fourth-order valence-corrected chi connectivity index (χ4v) is 4.15. The summed E-state index contributed by atoms with van der Waals surface area (Å²) in [4.78, 5) is 13.6. The number of aromatic amines is 1. The number of aromatic nitrogens is 4. The molecule has 1 aliphatic rings. The normalized spacial score (nSPS) is 15.0. The van der Waals surface area contributed by atoms with Crippen LogP contribution in [0, 0.1) is 5.82 Å². The van der Waals surface area contributed by atoms with Crippen molar-refractivity contribution in [2.24, 2.45) is 0 Å². The Morgan fingerprint density at radius 3 is 2.81 bits per heavy atom. The van der Waals surface area contributed by atoms with Crippen LogP contribution >= 0.6 is 11.6 Å².